The Morgan fingerprint density at radius 3 is 1.47 bits per heavy atom. The van der Waals surface area contributed by atoms with Crippen molar-refractivity contribution in [1.82, 2.24) is 0 Å². The van der Waals surface area contributed by atoms with E-state index in [2.05, 4.69) is 0 Å². The molecule has 0 radical (unpaired) electrons. The first-order chi connectivity index (χ1) is 7.50. The van der Waals surface area contributed by atoms with Crippen LogP contribution in [-0.2, 0) is 4.87 Å². The molecule has 1 rings (SSSR count). The normalized spacial score (nSPS) is 13.9. The van der Waals surface area contributed by atoms with E-state index < -0.39 is 22.8 Å². The maximum atomic E-state index is 12.5. The lowest BCUT2D eigenvalue weighted by atomic mass is 9.96. The van der Waals surface area contributed by atoms with Crippen molar-refractivity contribution in [3.63, 3.8) is 0 Å². The molecule has 0 spiro atoms. The molecule has 0 saturated heterocycles. The molecule has 1 aromatic rings. The van der Waals surface area contributed by atoms with E-state index in [0.717, 1.165) is 24.3 Å². The van der Waals surface area contributed by atoms with E-state index >= 15 is 0 Å². The molecule has 1 aromatic carbocycles. The largest absolute Gasteiger partial charge is 0.420 e. The fourth-order valence-electron chi connectivity index (χ4n) is 1.27. The Kier molecular flexibility index (Phi) is 3.40. The molecule has 7 heteroatoms. The molecular weight excluding hydrogens is 270 g/mol. The van der Waals surface area contributed by atoms with Crippen LogP contribution in [0.25, 0.3) is 0 Å². The lowest BCUT2D eigenvalue weighted by molar-refractivity contribution is -0.272. The van der Waals surface area contributed by atoms with Crippen LogP contribution in [0.2, 0.25) is 0 Å². The zero-order valence-electron chi connectivity index (χ0n) is 8.46. The Morgan fingerprint density at radius 2 is 1.18 bits per heavy atom. The number of benzene rings is 1. The van der Waals surface area contributed by atoms with E-state index in [1.54, 1.807) is 6.92 Å². The standard InChI is InChI=1S/C10H7ClF6/c1-6-2-4-7(5-3-6)8(11,9(12,13)14)10(15,16)17/h2-5H,1H3. The minimum atomic E-state index is -5.62. The summed E-state index contributed by atoms with van der Waals surface area (Å²) < 4.78 is 75.2. The van der Waals surface area contributed by atoms with Crippen LogP contribution in [0.4, 0.5) is 26.3 Å². The molecule has 0 unspecified atom stereocenters. The molecule has 0 aliphatic heterocycles. The van der Waals surface area contributed by atoms with Gasteiger partial charge in [0.15, 0.2) is 0 Å². The zero-order chi connectivity index (χ0) is 13.5. The second-order valence-electron chi connectivity index (χ2n) is 3.52. The van der Waals surface area contributed by atoms with Crippen LogP contribution in [0.5, 0.6) is 0 Å². The van der Waals surface area contributed by atoms with Crippen molar-refractivity contribution in [2.45, 2.75) is 24.2 Å². The summed E-state index contributed by atoms with van der Waals surface area (Å²) in [6, 6.07) is 3.74. The van der Waals surface area contributed by atoms with Crippen molar-refractivity contribution in [3.8, 4) is 0 Å². The third-order valence-corrected chi connectivity index (χ3v) is 2.88. The second-order valence-corrected chi connectivity index (χ2v) is 4.09. The topological polar surface area (TPSA) is 0 Å². The van der Waals surface area contributed by atoms with Crippen LogP contribution in [0, 0.1) is 6.92 Å². The SMILES string of the molecule is Cc1ccc(C(Cl)(C(F)(F)F)C(F)(F)F)cc1. The first-order valence-corrected chi connectivity index (χ1v) is 4.77. The van der Waals surface area contributed by atoms with E-state index in [9.17, 15) is 26.3 Å². The van der Waals surface area contributed by atoms with Crippen LogP contribution in [0.1, 0.15) is 11.1 Å². The molecule has 0 nitrogen and oxygen atoms in total. The third-order valence-electron chi connectivity index (χ3n) is 2.23. The first-order valence-electron chi connectivity index (χ1n) is 4.39. The predicted molar refractivity (Wildman–Crippen MR) is 50.8 cm³/mol. The fraction of sp³-hybridized carbons (Fsp3) is 0.400. The van der Waals surface area contributed by atoms with Crippen molar-refractivity contribution < 1.29 is 26.3 Å². The maximum absolute atomic E-state index is 12.5. The van der Waals surface area contributed by atoms with Gasteiger partial charge in [0.1, 0.15) is 0 Å². The van der Waals surface area contributed by atoms with Gasteiger partial charge in [0, 0.05) is 0 Å². The summed E-state index contributed by atoms with van der Waals surface area (Å²) in [5, 5.41) is 0. The minimum Gasteiger partial charge on any atom is -0.168 e. The van der Waals surface area contributed by atoms with Gasteiger partial charge >= 0.3 is 12.4 Å². The molecule has 0 fully saturated rings. The van der Waals surface area contributed by atoms with Gasteiger partial charge in [0.2, 0.25) is 0 Å². The van der Waals surface area contributed by atoms with Crippen molar-refractivity contribution in [1.29, 1.82) is 0 Å². The average Bonchev–Trinajstić information content (AvgIpc) is 2.14. The first kappa shape index (κ1) is 14.2. The van der Waals surface area contributed by atoms with E-state index in [-0.39, 0.29) is 0 Å². The van der Waals surface area contributed by atoms with Gasteiger partial charge < -0.3 is 0 Å². The van der Waals surface area contributed by atoms with Gasteiger partial charge in [-0.25, -0.2) is 0 Å². The molecule has 0 amide bonds. The van der Waals surface area contributed by atoms with E-state index in [4.69, 9.17) is 11.6 Å². The third kappa shape index (κ3) is 2.36. The molecule has 0 N–H and O–H groups in total. The summed E-state index contributed by atoms with van der Waals surface area (Å²) in [5.41, 5.74) is -0.498. The summed E-state index contributed by atoms with van der Waals surface area (Å²) in [6.45, 7) is 1.54. The highest BCUT2D eigenvalue weighted by Gasteiger charge is 2.71. The van der Waals surface area contributed by atoms with Gasteiger partial charge in [-0.15, -0.1) is 0 Å². The number of aryl methyl sites for hydroxylation is 1. The number of hydrogen-bond donors (Lipinski definition) is 0. The molecule has 0 bridgehead atoms. The summed E-state index contributed by atoms with van der Waals surface area (Å²) in [4.78, 5) is -4.37. The summed E-state index contributed by atoms with van der Waals surface area (Å²) >= 11 is 4.82. The maximum Gasteiger partial charge on any atom is 0.420 e. The number of alkyl halides is 7. The monoisotopic (exact) mass is 276 g/mol. The number of rotatable bonds is 1. The molecule has 96 valence electrons. The molecule has 0 heterocycles. The molecule has 17 heavy (non-hydrogen) atoms. The highest BCUT2D eigenvalue weighted by molar-refractivity contribution is 6.25. The smallest absolute Gasteiger partial charge is 0.168 e. The molecule has 0 saturated carbocycles. The van der Waals surface area contributed by atoms with Crippen molar-refractivity contribution in [2.75, 3.05) is 0 Å². The van der Waals surface area contributed by atoms with Crippen LogP contribution in [-0.4, -0.2) is 12.4 Å². The molecule has 0 aliphatic rings. The Labute approximate surface area is 98.2 Å². The van der Waals surface area contributed by atoms with Gasteiger partial charge in [0.05, 0.1) is 0 Å². The van der Waals surface area contributed by atoms with Crippen molar-refractivity contribution in [2.24, 2.45) is 0 Å². The predicted octanol–water partition coefficient (Wildman–Crippen LogP) is 4.55. The highest BCUT2D eigenvalue weighted by atomic mass is 35.5. The lowest BCUT2D eigenvalue weighted by Crippen LogP contribution is -2.49. The summed E-state index contributed by atoms with van der Waals surface area (Å²) in [5.74, 6) is 0. The minimum absolute atomic E-state index is 0.539. The van der Waals surface area contributed by atoms with Crippen molar-refractivity contribution >= 4 is 11.6 Å². The van der Waals surface area contributed by atoms with Gasteiger partial charge in [0.25, 0.3) is 4.87 Å². The average molecular weight is 277 g/mol. The van der Waals surface area contributed by atoms with Gasteiger partial charge in [-0.2, -0.15) is 26.3 Å². The number of hydrogen-bond acceptors (Lipinski definition) is 0. The summed E-state index contributed by atoms with van der Waals surface area (Å²) in [6.07, 6.45) is -11.2. The van der Waals surface area contributed by atoms with E-state index in [1.165, 1.54) is 0 Å². The van der Waals surface area contributed by atoms with Gasteiger partial charge in [-0.05, 0) is 12.5 Å². The van der Waals surface area contributed by atoms with E-state index in [0.29, 0.717) is 5.56 Å². The van der Waals surface area contributed by atoms with Gasteiger partial charge in [-0.3, -0.25) is 0 Å². The molecule has 0 aliphatic carbocycles. The second kappa shape index (κ2) is 4.08. The van der Waals surface area contributed by atoms with E-state index in [1.807, 2.05) is 0 Å². The Balaban J connectivity index is 3.41. The zero-order valence-corrected chi connectivity index (χ0v) is 9.21. The molecule has 0 atom stereocenters. The van der Waals surface area contributed by atoms with Crippen molar-refractivity contribution in [3.05, 3.63) is 35.4 Å². The Hall–Kier alpha value is -0.910. The van der Waals surface area contributed by atoms with Gasteiger partial charge in [-0.1, -0.05) is 41.4 Å². The Bertz CT molecular complexity index is 375. The molecule has 0 aromatic heterocycles. The fourth-order valence-corrected chi connectivity index (χ4v) is 1.40. The number of halogens is 7. The quantitative estimate of drug-likeness (QED) is 0.521. The highest BCUT2D eigenvalue weighted by Crippen LogP contribution is 2.54. The van der Waals surface area contributed by atoms with Crippen LogP contribution in [0.15, 0.2) is 24.3 Å². The van der Waals surface area contributed by atoms with Crippen LogP contribution in [0.3, 0.4) is 0 Å². The lowest BCUT2D eigenvalue weighted by Gasteiger charge is -2.32. The summed E-state index contributed by atoms with van der Waals surface area (Å²) in [7, 11) is 0. The van der Waals surface area contributed by atoms with Crippen LogP contribution < -0.4 is 0 Å². The Morgan fingerprint density at radius 1 is 0.824 bits per heavy atom. The van der Waals surface area contributed by atoms with Crippen LogP contribution >= 0.6 is 11.6 Å². The molecular formula is C10H7ClF6.